The maximum atomic E-state index is 6.09. The van der Waals surface area contributed by atoms with Gasteiger partial charge in [-0.2, -0.15) is 0 Å². The molecule has 0 aromatic heterocycles. The van der Waals surface area contributed by atoms with Gasteiger partial charge in [0.2, 0.25) is 0 Å². The Morgan fingerprint density at radius 1 is 1.27 bits per heavy atom. The zero-order chi connectivity index (χ0) is 10.8. The molecule has 2 rings (SSSR count). The van der Waals surface area contributed by atoms with E-state index in [1.54, 1.807) is 0 Å². The number of nitrogens with two attached hydrogens (primary N) is 1. The SMILES string of the molecule is CC1CC(C)N(C(N)=NC2CCCC2)C1. The zero-order valence-corrected chi connectivity index (χ0v) is 9.95. The summed E-state index contributed by atoms with van der Waals surface area (Å²) in [6, 6.07) is 1.08. The summed E-state index contributed by atoms with van der Waals surface area (Å²) in [6.07, 6.45) is 6.37. The van der Waals surface area contributed by atoms with Gasteiger partial charge in [0.15, 0.2) is 5.96 Å². The van der Waals surface area contributed by atoms with Crippen molar-refractivity contribution in [1.29, 1.82) is 0 Å². The van der Waals surface area contributed by atoms with Gasteiger partial charge in [-0.1, -0.05) is 19.8 Å². The number of hydrogen-bond acceptors (Lipinski definition) is 1. The van der Waals surface area contributed by atoms with E-state index in [1.807, 2.05) is 0 Å². The highest BCUT2D eigenvalue weighted by Gasteiger charge is 2.28. The molecule has 86 valence electrons. The second-order valence-electron chi connectivity index (χ2n) is 5.27. The molecule has 1 heterocycles. The fraction of sp³-hybridized carbons (Fsp3) is 0.917. The van der Waals surface area contributed by atoms with Crippen molar-refractivity contribution in [3.8, 4) is 0 Å². The summed E-state index contributed by atoms with van der Waals surface area (Å²) in [7, 11) is 0. The Hall–Kier alpha value is -0.730. The standard InChI is InChI=1S/C12H23N3/c1-9-7-10(2)15(8-9)12(13)14-11-5-3-4-6-11/h9-11H,3-8H2,1-2H3,(H2,13,14). The number of aliphatic imine (C=N–C) groups is 1. The van der Waals surface area contributed by atoms with Gasteiger partial charge >= 0.3 is 0 Å². The average Bonchev–Trinajstić information content (AvgIpc) is 2.75. The lowest BCUT2D eigenvalue weighted by atomic mass is 10.1. The van der Waals surface area contributed by atoms with Gasteiger partial charge in [-0.15, -0.1) is 0 Å². The molecule has 2 fully saturated rings. The molecule has 1 aliphatic carbocycles. The van der Waals surface area contributed by atoms with Crippen LogP contribution in [0.3, 0.4) is 0 Å². The highest BCUT2D eigenvalue weighted by atomic mass is 15.3. The van der Waals surface area contributed by atoms with E-state index < -0.39 is 0 Å². The summed E-state index contributed by atoms with van der Waals surface area (Å²) in [5, 5.41) is 0. The molecule has 15 heavy (non-hydrogen) atoms. The van der Waals surface area contributed by atoms with E-state index in [9.17, 15) is 0 Å². The summed E-state index contributed by atoms with van der Waals surface area (Å²) in [6.45, 7) is 5.63. The van der Waals surface area contributed by atoms with Gasteiger partial charge < -0.3 is 10.6 Å². The van der Waals surface area contributed by atoms with E-state index in [0.29, 0.717) is 12.1 Å². The van der Waals surface area contributed by atoms with E-state index >= 15 is 0 Å². The van der Waals surface area contributed by atoms with Crippen LogP contribution in [0.5, 0.6) is 0 Å². The van der Waals surface area contributed by atoms with Gasteiger partial charge in [0.1, 0.15) is 0 Å². The second kappa shape index (κ2) is 4.42. The molecule has 3 heteroatoms. The van der Waals surface area contributed by atoms with Crippen LogP contribution in [0.1, 0.15) is 46.0 Å². The average molecular weight is 209 g/mol. The van der Waals surface area contributed by atoms with Crippen molar-refractivity contribution in [1.82, 2.24) is 4.90 Å². The van der Waals surface area contributed by atoms with Crippen molar-refractivity contribution >= 4 is 5.96 Å². The fourth-order valence-corrected chi connectivity index (χ4v) is 2.91. The lowest BCUT2D eigenvalue weighted by Crippen LogP contribution is -2.40. The summed E-state index contributed by atoms with van der Waals surface area (Å²) >= 11 is 0. The Balaban J connectivity index is 1.97. The molecule has 0 spiro atoms. The predicted octanol–water partition coefficient (Wildman–Crippen LogP) is 1.97. The summed E-state index contributed by atoms with van der Waals surface area (Å²) in [4.78, 5) is 6.94. The lowest BCUT2D eigenvalue weighted by molar-refractivity contribution is 0.402. The molecular formula is C12H23N3. The Kier molecular flexibility index (Phi) is 3.17. The fourth-order valence-electron chi connectivity index (χ4n) is 2.91. The van der Waals surface area contributed by atoms with Crippen LogP contribution in [0.4, 0.5) is 0 Å². The first-order chi connectivity index (χ1) is 7.16. The van der Waals surface area contributed by atoms with Gasteiger partial charge in [-0.05, 0) is 32.1 Å². The minimum atomic E-state index is 0.508. The second-order valence-corrected chi connectivity index (χ2v) is 5.27. The smallest absolute Gasteiger partial charge is 0.191 e. The van der Waals surface area contributed by atoms with E-state index in [1.165, 1.54) is 32.1 Å². The lowest BCUT2D eigenvalue weighted by Gasteiger charge is -2.23. The third-order valence-electron chi connectivity index (χ3n) is 3.72. The number of hydrogen-bond donors (Lipinski definition) is 1. The molecule has 2 atom stereocenters. The number of nitrogens with zero attached hydrogens (tertiary/aromatic N) is 2. The molecule has 1 saturated carbocycles. The van der Waals surface area contributed by atoms with Crippen molar-refractivity contribution in [3.05, 3.63) is 0 Å². The van der Waals surface area contributed by atoms with Gasteiger partial charge in [0.05, 0.1) is 6.04 Å². The third-order valence-corrected chi connectivity index (χ3v) is 3.72. The molecule has 0 aromatic carbocycles. The third kappa shape index (κ3) is 2.44. The first-order valence-electron chi connectivity index (χ1n) is 6.26. The molecule has 2 aliphatic rings. The Labute approximate surface area is 92.7 Å². The normalized spacial score (nSPS) is 34.0. The van der Waals surface area contributed by atoms with Crippen LogP contribution in [0, 0.1) is 5.92 Å². The van der Waals surface area contributed by atoms with Crippen LogP contribution in [-0.2, 0) is 0 Å². The molecular weight excluding hydrogens is 186 g/mol. The first kappa shape index (κ1) is 10.8. The number of guanidine groups is 1. The van der Waals surface area contributed by atoms with E-state index in [0.717, 1.165) is 18.4 Å². The van der Waals surface area contributed by atoms with Crippen LogP contribution in [0.2, 0.25) is 0 Å². The van der Waals surface area contributed by atoms with Crippen LogP contribution < -0.4 is 5.73 Å². The van der Waals surface area contributed by atoms with Gasteiger partial charge in [-0.3, -0.25) is 0 Å². The zero-order valence-electron chi connectivity index (χ0n) is 9.95. The molecule has 2 unspecified atom stereocenters. The molecule has 0 aromatic rings. The van der Waals surface area contributed by atoms with Crippen molar-refractivity contribution in [2.24, 2.45) is 16.6 Å². The van der Waals surface area contributed by atoms with Crippen molar-refractivity contribution in [2.75, 3.05) is 6.54 Å². The van der Waals surface area contributed by atoms with Crippen LogP contribution in [0.15, 0.2) is 4.99 Å². The Bertz CT molecular complexity index is 243. The maximum Gasteiger partial charge on any atom is 0.191 e. The Morgan fingerprint density at radius 3 is 2.47 bits per heavy atom. The minimum Gasteiger partial charge on any atom is -0.370 e. The maximum absolute atomic E-state index is 6.09. The molecule has 0 bridgehead atoms. The largest absolute Gasteiger partial charge is 0.370 e. The molecule has 0 radical (unpaired) electrons. The molecule has 1 saturated heterocycles. The van der Waals surface area contributed by atoms with Crippen molar-refractivity contribution in [2.45, 2.75) is 58.0 Å². The van der Waals surface area contributed by atoms with E-state index in [2.05, 4.69) is 23.7 Å². The monoisotopic (exact) mass is 209 g/mol. The van der Waals surface area contributed by atoms with Crippen molar-refractivity contribution < 1.29 is 0 Å². The Morgan fingerprint density at radius 2 is 1.93 bits per heavy atom. The topological polar surface area (TPSA) is 41.6 Å². The molecule has 3 nitrogen and oxygen atoms in total. The minimum absolute atomic E-state index is 0.508. The number of likely N-dealkylation sites (tertiary alicyclic amines) is 1. The van der Waals surface area contributed by atoms with Crippen LogP contribution >= 0.6 is 0 Å². The quantitative estimate of drug-likeness (QED) is 0.530. The highest BCUT2D eigenvalue weighted by Crippen LogP contribution is 2.24. The van der Waals surface area contributed by atoms with E-state index in [4.69, 9.17) is 5.73 Å². The van der Waals surface area contributed by atoms with Crippen LogP contribution in [-0.4, -0.2) is 29.5 Å². The van der Waals surface area contributed by atoms with Crippen molar-refractivity contribution in [3.63, 3.8) is 0 Å². The molecule has 2 N–H and O–H groups in total. The summed E-state index contributed by atoms with van der Waals surface area (Å²) < 4.78 is 0. The van der Waals surface area contributed by atoms with Crippen LogP contribution in [0.25, 0.3) is 0 Å². The van der Waals surface area contributed by atoms with Gasteiger partial charge in [0, 0.05) is 12.6 Å². The van der Waals surface area contributed by atoms with E-state index in [-0.39, 0.29) is 0 Å². The summed E-state index contributed by atoms with van der Waals surface area (Å²) in [5.74, 6) is 1.55. The first-order valence-corrected chi connectivity index (χ1v) is 6.26. The summed E-state index contributed by atoms with van der Waals surface area (Å²) in [5.41, 5.74) is 6.09. The van der Waals surface area contributed by atoms with Gasteiger partial charge in [0.25, 0.3) is 0 Å². The predicted molar refractivity (Wildman–Crippen MR) is 63.8 cm³/mol. The van der Waals surface area contributed by atoms with Gasteiger partial charge in [-0.25, -0.2) is 4.99 Å². The molecule has 1 aliphatic heterocycles. The number of rotatable bonds is 1. The molecule has 0 amide bonds. The highest BCUT2D eigenvalue weighted by molar-refractivity contribution is 5.78.